The van der Waals surface area contributed by atoms with E-state index >= 15 is 0 Å². The van der Waals surface area contributed by atoms with Crippen LogP contribution in [0, 0.1) is 0 Å². The third-order valence-corrected chi connectivity index (χ3v) is 4.54. The SMILES string of the molecule is CCCC(O)(CCC)CNC(=NCc1cccc(OCC(=O)N(C)C)c1)NCC.I. The summed E-state index contributed by atoms with van der Waals surface area (Å²) in [7, 11) is 3.41. The second-order valence-electron chi connectivity index (χ2n) is 7.50. The molecule has 0 fully saturated rings. The lowest BCUT2D eigenvalue weighted by Crippen LogP contribution is -2.47. The van der Waals surface area contributed by atoms with Crippen LogP contribution in [-0.2, 0) is 11.3 Å². The van der Waals surface area contributed by atoms with Crippen molar-refractivity contribution >= 4 is 35.8 Å². The summed E-state index contributed by atoms with van der Waals surface area (Å²) in [5.41, 5.74) is 0.265. The number of aliphatic imine (C=N–C) groups is 1. The Bertz CT molecular complexity index is 647. The van der Waals surface area contributed by atoms with Crippen molar-refractivity contribution in [1.29, 1.82) is 0 Å². The molecule has 0 aliphatic rings. The number of benzene rings is 1. The Morgan fingerprint density at radius 1 is 1.17 bits per heavy atom. The fourth-order valence-electron chi connectivity index (χ4n) is 3.00. The fraction of sp³-hybridized carbons (Fsp3) is 0.636. The van der Waals surface area contributed by atoms with E-state index in [2.05, 4.69) is 29.5 Å². The van der Waals surface area contributed by atoms with E-state index in [1.54, 1.807) is 14.1 Å². The number of ether oxygens (including phenoxy) is 1. The summed E-state index contributed by atoms with van der Waals surface area (Å²) in [6.45, 7) is 7.86. The molecule has 1 aromatic rings. The van der Waals surface area contributed by atoms with Crippen molar-refractivity contribution in [2.24, 2.45) is 4.99 Å². The van der Waals surface area contributed by atoms with Crippen molar-refractivity contribution in [3.63, 3.8) is 0 Å². The van der Waals surface area contributed by atoms with Gasteiger partial charge in [-0.2, -0.15) is 0 Å². The van der Waals surface area contributed by atoms with Crippen LogP contribution in [0.5, 0.6) is 5.75 Å². The number of aliphatic hydroxyl groups is 1. The van der Waals surface area contributed by atoms with E-state index < -0.39 is 5.60 Å². The number of rotatable bonds is 12. The van der Waals surface area contributed by atoms with Gasteiger partial charge in [0, 0.05) is 27.2 Å². The highest BCUT2D eigenvalue weighted by Crippen LogP contribution is 2.18. The summed E-state index contributed by atoms with van der Waals surface area (Å²) in [6, 6.07) is 7.58. The van der Waals surface area contributed by atoms with Gasteiger partial charge in [-0.3, -0.25) is 4.79 Å². The molecule has 8 heteroatoms. The third-order valence-electron chi connectivity index (χ3n) is 4.54. The Morgan fingerprint density at radius 3 is 2.40 bits per heavy atom. The Labute approximate surface area is 198 Å². The Balaban J connectivity index is 0.00000841. The zero-order chi connectivity index (χ0) is 21.7. The lowest BCUT2D eigenvalue weighted by molar-refractivity contribution is -0.130. The summed E-state index contributed by atoms with van der Waals surface area (Å²) in [4.78, 5) is 17.8. The van der Waals surface area contributed by atoms with E-state index in [0.717, 1.165) is 37.8 Å². The molecule has 0 heterocycles. The molecule has 0 unspecified atom stereocenters. The zero-order valence-corrected chi connectivity index (χ0v) is 21.4. The molecular formula is C22H39IN4O3. The van der Waals surface area contributed by atoms with Gasteiger partial charge in [-0.1, -0.05) is 38.8 Å². The van der Waals surface area contributed by atoms with Crippen molar-refractivity contribution in [1.82, 2.24) is 15.5 Å². The molecule has 1 amide bonds. The highest BCUT2D eigenvalue weighted by Gasteiger charge is 2.24. The number of hydrogen-bond donors (Lipinski definition) is 3. The first kappa shape index (κ1) is 28.5. The molecule has 0 saturated carbocycles. The van der Waals surface area contributed by atoms with Crippen LogP contribution in [0.15, 0.2) is 29.3 Å². The molecule has 0 bridgehead atoms. The number of nitrogens with zero attached hydrogens (tertiary/aromatic N) is 2. The topological polar surface area (TPSA) is 86.2 Å². The van der Waals surface area contributed by atoms with E-state index in [9.17, 15) is 9.90 Å². The summed E-state index contributed by atoms with van der Waals surface area (Å²) in [5, 5.41) is 17.3. The number of amides is 1. The molecule has 1 rings (SSSR count). The number of hydrogen-bond acceptors (Lipinski definition) is 4. The van der Waals surface area contributed by atoms with Crippen LogP contribution in [0.2, 0.25) is 0 Å². The first-order valence-corrected chi connectivity index (χ1v) is 10.5. The summed E-state index contributed by atoms with van der Waals surface area (Å²) in [6.07, 6.45) is 3.40. The van der Waals surface area contributed by atoms with Gasteiger partial charge in [-0.25, -0.2) is 4.99 Å². The lowest BCUT2D eigenvalue weighted by Gasteiger charge is -2.28. The van der Waals surface area contributed by atoms with Crippen LogP contribution in [0.25, 0.3) is 0 Å². The van der Waals surface area contributed by atoms with E-state index in [1.165, 1.54) is 4.90 Å². The minimum Gasteiger partial charge on any atom is -0.484 e. The first-order valence-electron chi connectivity index (χ1n) is 10.5. The Hall–Kier alpha value is -1.55. The van der Waals surface area contributed by atoms with Crippen LogP contribution in [-0.4, -0.2) is 61.3 Å². The van der Waals surface area contributed by atoms with Crippen molar-refractivity contribution < 1.29 is 14.6 Å². The highest BCUT2D eigenvalue weighted by atomic mass is 127. The van der Waals surface area contributed by atoms with E-state index in [0.29, 0.717) is 24.8 Å². The second kappa shape index (κ2) is 15.3. The standard InChI is InChI=1S/C22H38N4O3.HI/c1-6-12-22(28,13-7-2)17-25-21(23-8-3)24-15-18-10-9-11-19(14-18)29-16-20(27)26(4)5;/h9-11,14,28H,6-8,12-13,15-17H2,1-5H3,(H2,23,24,25);1H. The van der Waals surface area contributed by atoms with Crippen LogP contribution < -0.4 is 15.4 Å². The summed E-state index contributed by atoms with van der Waals surface area (Å²) >= 11 is 0. The number of guanidine groups is 1. The molecule has 172 valence electrons. The van der Waals surface area contributed by atoms with E-state index in [4.69, 9.17) is 4.74 Å². The highest BCUT2D eigenvalue weighted by molar-refractivity contribution is 14.0. The normalized spacial score (nSPS) is 11.5. The van der Waals surface area contributed by atoms with Crippen LogP contribution in [0.1, 0.15) is 52.0 Å². The van der Waals surface area contributed by atoms with E-state index in [1.807, 2.05) is 31.2 Å². The lowest BCUT2D eigenvalue weighted by atomic mass is 9.93. The largest absolute Gasteiger partial charge is 0.484 e. The molecule has 3 N–H and O–H groups in total. The molecule has 0 spiro atoms. The molecular weight excluding hydrogens is 495 g/mol. The molecule has 0 radical (unpaired) electrons. The smallest absolute Gasteiger partial charge is 0.259 e. The van der Waals surface area contributed by atoms with Gasteiger partial charge in [0.2, 0.25) is 0 Å². The van der Waals surface area contributed by atoms with Gasteiger partial charge < -0.3 is 25.4 Å². The van der Waals surface area contributed by atoms with Crippen LogP contribution in [0.4, 0.5) is 0 Å². The molecule has 30 heavy (non-hydrogen) atoms. The number of halogens is 1. The summed E-state index contributed by atoms with van der Waals surface area (Å²) < 4.78 is 5.57. The second-order valence-corrected chi connectivity index (χ2v) is 7.50. The number of nitrogens with one attached hydrogen (secondary N) is 2. The van der Waals surface area contributed by atoms with E-state index in [-0.39, 0.29) is 36.5 Å². The average molecular weight is 534 g/mol. The van der Waals surface area contributed by atoms with Gasteiger partial charge >= 0.3 is 0 Å². The van der Waals surface area contributed by atoms with Crippen LogP contribution in [0.3, 0.4) is 0 Å². The van der Waals surface area contributed by atoms with Gasteiger partial charge in [0.1, 0.15) is 5.75 Å². The molecule has 7 nitrogen and oxygen atoms in total. The maximum absolute atomic E-state index is 11.7. The molecule has 0 atom stereocenters. The average Bonchev–Trinajstić information content (AvgIpc) is 2.69. The number of carbonyl (C=O) groups excluding carboxylic acids is 1. The minimum atomic E-state index is -0.716. The predicted octanol–water partition coefficient (Wildman–Crippen LogP) is 3.16. The quantitative estimate of drug-likeness (QED) is 0.218. The van der Waals surface area contributed by atoms with Crippen molar-refractivity contribution in [3.8, 4) is 5.75 Å². The van der Waals surface area contributed by atoms with Crippen LogP contribution >= 0.6 is 24.0 Å². The maximum atomic E-state index is 11.7. The predicted molar refractivity (Wildman–Crippen MR) is 134 cm³/mol. The van der Waals surface area contributed by atoms with Gasteiger partial charge in [0.05, 0.1) is 12.1 Å². The first-order chi connectivity index (χ1) is 13.8. The van der Waals surface area contributed by atoms with Crippen molar-refractivity contribution in [3.05, 3.63) is 29.8 Å². The monoisotopic (exact) mass is 534 g/mol. The molecule has 0 aromatic heterocycles. The Morgan fingerprint density at radius 2 is 1.83 bits per heavy atom. The van der Waals surface area contributed by atoms with Gasteiger partial charge in [0.25, 0.3) is 5.91 Å². The maximum Gasteiger partial charge on any atom is 0.259 e. The van der Waals surface area contributed by atoms with Crippen molar-refractivity contribution in [2.45, 2.75) is 58.6 Å². The summed E-state index contributed by atoms with van der Waals surface area (Å²) in [5.74, 6) is 1.23. The van der Waals surface area contributed by atoms with Crippen molar-refractivity contribution in [2.75, 3.05) is 33.8 Å². The number of likely N-dealkylation sites (N-methyl/N-ethyl adjacent to an activating group) is 1. The number of carbonyl (C=O) groups is 1. The molecule has 0 saturated heterocycles. The fourth-order valence-corrected chi connectivity index (χ4v) is 3.00. The molecule has 0 aliphatic heterocycles. The van der Waals surface area contributed by atoms with Gasteiger partial charge in [-0.15, -0.1) is 24.0 Å². The van der Waals surface area contributed by atoms with Gasteiger partial charge in [-0.05, 0) is 37.5 Å². The zero-order valence-electron chi connectivity index (χ0n) is 19.0. The Kier molecular flexibility index (Phi) is 14.5. The molecule has 0 aliphatic carbocycles. The van der Waals surface area contributed by atoms with Gasteiger partial charge in [0.15, 0.2) is 12.6 Å². The molecule has 1 aromatic carbocycles. The minimum absolute atomic E-state index is 0. The third kappa shape index (κ3) is 11.0.